The molecule has 0 fully saturated rings. The SMILES string of the molecule is CCC(C(=O)NCC(C)C)N(Cc1cccc(OC)c1)C(=O)CN(c1cccc(Br)c1)S(=O)(=O)c1ccc(C)cc1. The number of sulfonamides is 1. The molecule has 0 heterocycles. The molecule has 0 aliphatic carbocycles. The summed E-state index contributed by atoms with van der Waals surface area (Å²) in [5.41, 5.74) is 1.99. The summed E-state index contributed by atoms with van der Waals surface area (Å²) < 4.78 is 35.0. The summed E-state index contributed by atoms with van der Waals surface area (Å²) in [6.07, 6.45) is 0.348. The predicted octanol–water partition coefficient (Wildman–Crippen LogP) is 5.54. The van der Waals surface area contributed by atoms with Crippen LogP contribution in [0.4, 0.5) is 5.69 Å². The molecule has 3 aromatic rings. The number of hydrogen-bond acceptors (Lipinski definition) is 5. The van der Waals surface area contributed by atoms with Crippen LogP contribution in [-0.4, -0.2) is 51.4 Å². The molecule has 1 N–H and O–H groups in total. The van der Waals surface area contributed by atoms with E-state index in [4.69, 9.17) is 4.74 Å². The smallest absolute Gasteiger partial charge is 0.264 e. The first-order valence-electron chi connectivity index (χ1n) is 13.5. The van der Waals surface area contributed by atoms with Crippen LogP contribution in [0.3, 0.4) is 0 Å². The number of benzene rings is 3. The topological polar surface area (TPSA) is 96.0 Å². The summed E-state index contributed by atoms with van der Waals surface area (Å²) in [6, 6.07) is 19.7. The Labute approximate surface area is 251 Å². The van der Waals surface area contributed by atoms with E-state index >= 15 is 0 Å². The number of hydrogen-bond donors (Lipinski definition) is 1. The molecule has 0 aliphatic heterocycles. The van der Waals surface area contributed by atoms with Crippen molar-refractivity contribution in [1.82, 2.24) is 10.2 Å². The number of nitrogens with one attached hydrogen (secondary N) is 1. The van der Waals surface area contributed by atoms with E-state index in [-0.39, 0.29) is 23.3 Å². The Morgan fingerprint density at radius 1 is 1.00 bits per heavy atom. The van der Waals surface area contributed by atoms with Crippen LogP contribution in [0.2, 0.25) is 0 Å². The number of amides is 2. The maximum absolute atomic E-state index is 14.1. The predicted molar refractivity (Wildman–Crippen MR) is 165 cm³/mol. The van der Waals surface area contributed by atoms with Crippen LogP contribution in [0.5, 0.6) is 5.75 Å². The molecule has 8 nitrogen and oxygen atoms in total. The Balaban J connectivity index is 2.06. The fourth-order valence-corrected chi connectivity index (χ4v) is 6.10. The van der Waals surface area contributed by atoms with Gasteiger partial charge >= 0.3 is 0 Å². The average molecular weight is 645 g/mol. The Kier molecular flexibility index (Phi) is 11.4. The number of aryl methyl sites for hydroxylation is 1. The Bertz CT molecular complexity index is 1440. The highest BCUT2D eigenvalue weighted by Crippen LogP contribution is 2.27. The number of carbonyl (C=O) groups is 2. The molecule has 10 heteroatoms. The van der Waals surface area contributed by atoms with Crippen molar-refractivity contribution in [2.45, 2.75) is 51.6 Å². The van der Waals surface area contributed by atoms with E-state index in [0.717, 1.165) is 15.4 Å². The minimum absolute atomic E-state index is 0.0666. The van der Waals surface area contributed by atoms with Crippen LogP contribution in [0.1, 0.15) is 38.3 Å². The van der Waals surface area contributed by atoms with Crippen molar-refractivity contribution in [1.29, 1.82) is 0 Å². The summed E-state index contributed by atoms with van der Waals surface area (Å²) in [7, 11) is -2.57. The van der Waals surface area contributed by atoms with E-state index in [1.54, 1.807) is 55.6 Å². The number of carbonyl (C=O) groups excluding carboxylic acids is 2. The van der Waals surface area contributed by atoms with Crippen LogP contribution < -0.4 is 14.4 Å². The highest BCUT2D eigenvalue weighted by Gasteiger charge is 2.33. The quantitative estimate of drug-likeness (QED) is 0.264. The molecule has 0 saturated carbocycles. The number of halogens is 1. The van der Waals surface area contributed by atoms with Crippen LogP contribution >= 0.6 is 15.9 Å². The molecule has 0 bridgehead atoms. The molecular weight excluding hydrogens is 606 g/mol. The number of methoxy groups -OCH3 is 1. The monoisotopic (exact) mass is 643 g/mol. The molecule has 0 spiro atoms. The van der Waals surface area contributed by atoms with Gasteiger partial charge in [0.15, 0.2) is 0 Å². The van der Waals surface area contributed by atoms with Gasteiger partial charge in [-0.1, -0.05) is 72.6 Å². The highest BCUT2D eigenvalue weighted by molar-refractivity contribution is 9.10. The van der Waals surface area contributed by atoms with Crippen molar-refractivity contribution < 1.29 is 22.7 Å². The maximum atomic E-state index is 14.1. The molecule has 3 rings (SSSR count). The van der Waals surface area contributed by atoms with Gasteiger partial charge in [-0.25, -0.2) is 8.42 Å². The number of nitrogens with zero attached hydrogens (tertiary/aromatic N) is 2. The van der Waals surface area contributed by atoms with Crippen molar-refractivity contribution in [2.75, 3.05) is 24.5 Å². The first kappa shape index (κ1) is 32.1. The van der Waals surface area contributed by atoms with E-state index in [9.17, 15) is 18.0 Å². The largest absolute Gasteiger partial charge is 0.497 e. The molecule has 41 heavy (non-hydrogen) atoms. The standard InChI is InChI=1S/C31H38BrN3O5S/c1-6-29(31(37)33-19-22(2)3)34(20-24-9-7-12-27(17-24)40-5)30(36)21-35(26-11-8-10-25(32)18-26)41(38,39)28-15-13-23(4)14-16-28/h7-18,22,29H,6,19-21H2,1-5H3,(H,33,37). The molecule has 0 aliphatic rings. The molecule has 0 radical (unpaired) electrons. The molecule has 1 atom stereocenters. The molecule has 1 unspecified atom stereocenters. The van der Waals surface area contributed by atoms with E-state index < -0.39 is 28.5 Å². The zero-order chi connectivity index (χ0) is 30.2. The molecular formula is C31H38BrN3O5S. The fraction of sp³-hybridized carbons (Fsp3) is 0.355. The van der Waals surface area contributed by atoms with Crippen molar-refractivity contribution >= 4 is 43.5 Å². The molecule has 220 valence electrons. The summed E-state index contributed by atoms with van der Waals surface area (Å²) in [5, 5.41) is 2.94. The van der Waals surface area contributed by atoms with Crippen LogP contribution in [0, 0.1) is 12.8 Å². The van der Waals surface area contributed by atoms with Crippen LogP contribution in [0.25, 0.3) is 0 Å². The fourth-order valence-electron chi connectivity index (χ4n) is 4.31. The Morgan fingerprint density at radius 3 is 2.29 bits per heavy atom. The third-order valence-corrected chi connectivity index (χ3v) is 8.82. The van der Waals surface area contributed by atoms with E-state index in [0.29, 0.717) is 28.9 Å². The van der Waals surface area contributed by atoms with Crippen molar-refractivity contribution in [2.24, 2.45) is 5.92 Å². The van der Waals surface area contributed by atoms with Gasteiger partial charge in [-0.15, -0.1) is 0 Å². The van der Waals surface area contributed by atoms with Gasteiger partial charge in [-0.3, -0.25) is 13.9 Å². The van der Waals surface area contributed by atoms with Crippen LogP contribution in [-0.2, 0) is 26.2 Å². The summed E-state index contributed by atoms with van der Waals surface area (Å²) >= 11 is 3.42. The number of rotatable bonds is 13. The number of anilines is 1. The first-order valence-corrected chi connectivity index (χ1v) is 15.7. The minimum Gasteiger partial charge on any atom is -0.497 e. The molecule has 3 aromatic carbocycles. The van der Waals surface area contributed by atoms with E-state index in [1.807, 2.05) is 39.8 Å². The van der Waals surface area contributed by atoms with Gasteiger partial charge < -0.3 is 15.0 Å². The van der Waals surface area contributed by atoms with Gasteiger partial charge in [0, 0.05) is 17.6 Å². The Hall–Kier alpha value is -3.37. The average Bonchev–Trinajstić information content (AvgIpc) is 2.94. The van der Waals surface area contributed by atoms with Crippen molar-refractivity contribution in [3.05, 3.63) is 88.4 Å². The second-order valence-electron chi connectivity index (χ2n) is 10.2. The zero-order valence-electron chi connectivity index (χ0n) is 24.1. The summed E-state index contributed by atoms with van der Waals surface area (Å²) in [5.74, 6) is 0.0541. The first-order chi connectivity index (χ1) is 19.5. The summed E-state index contributed by atoms with van der Waals surface area (Å²) in [4.78, 5) is 29.0. The van der Waals surface area contributed by atoms with Gasteiger partial charge in [0.2, 0.25) is 11.8 Å². The minimum atomic E-state index is -4.13. The lowest BCUT2D eigenvalue weighted by Crippen LogP contribution is -2.52. The lowest BCUT2D eigenvalue weighted by atomic mass is 10.1. The highest BCUT2D eigenvalue weighted by atomic mass is 79.9. The van der Waals surface area contributed by atoms with Gasteiger partial charge in [0.25, 0.3) is 10.0 Å². The lowest BCUT2D eigenvalue weighted by Gasteiger charge is -2.33. The second-order valence-corrected chi connectivity index (χ2v) is 13.0. The molecule has 0 aromatic heterocycles. The third-order valence-electron chi connectivity index (χ3n) is 6.54. The second kappa shape index (κ2) is 14.5. The molecule has 2 amide bonds. The zero-order valence-corrected chi connectivity index (χ0v) is 26.5. The molecule has 0 saturated heterocycles. The maximum Gasteiger partial charge on any atom is 0.264 e. The van der Waals surface area contributed by atoms with Crippen molar-refractivity contribution in [3.63, 3.8) is 0 Å². The third kappa shape index (κ3) is 8.56. The van der Waals surface area contributed by atoms with Crippen molar-refractivity contribution in [3.8, 4) is 5.75 Å². The van der Waals surface area contributed by atoms with Gasteiger partial charge in [0.05, 0.1) is 17.7 Å². The summed E-state index contributed by atoms with van der Waals surface area (Å²) in [6.45, 7) is 7.75. The normalized spacial score (nSPS) is 12.1. The van der Waals surface area contributed by atoms with Crippen LogP contribution in [0.15, 0.2) is 82.2 Å². The number of ether oxygens (including phenoxy) is 1. The van der Waals surface area contributed by atoms with Gasteiger partial charge in [-0.05, 0) is 67.3 Å². The van der Waals surface area contributed by atoms with E-state index in [2.05, 4.69) is 21.2 Å². The van der Waals surface area contributed by atoms with Gasteiger partial charge in [-0.2, -0.15) is 0 Å². The Morgan fingerprint density at radius 2 is 1.68 bits per heavy atom. The van der Waals surface area contributed by atoms with E-state index in [1.165, 1.54) is 17.0 Å². The van der Waals surface area contributed by atoms with Gasteiger partial charge in [0.1, 0.15) is 18.3 Å². The lowest BCUT2D eigenvalue weighted by molar-refractivity contribution is -0.140.